The van der Waals surface area contributed by atoms with Crippen LogP contribution < -0.4 is 5.32 Å². The molecule has 1 amide bonds. The van der Waals surface area contributed by atoms with E-state index in [-0.39, 0.29) is 24.2 Å². The van der Waals surface area contributed by atoms with E-state index in [1.54, 1.807) is 25.3 Å². The lowest BCUT2D eigenvalue weighted by Gasteiger charge is -2.45. The number of hydrogen-bond acceptors (Lipinski definition) is 9. The third-order valence-corrected chi connectivity index (χ3v) is 9.68. The Bertz CT molecular complexity index is 1210. The van der Waals surface area contributed by atoms with Crippen LogP contribution in [0.5, 0.6) is 0 Å². The monoisotopic (exact) mass is 616 g/mol. The number of carbonyl (C=O) groups is 3. The van der Waals surface area contributed by atoms with E-state index in [1.807, 2.05) is 45.9 Å². The molecule has 1 aliphatic heterocycles. The first-order valence-corrected chi connectivity index (χ1v) is 15.7. The van der Waals surface area contributed by atoms with Crippen LogP contribution in [-0.4, -0.2) is 83.0 Å². The van der Waals surface area contributed by atoms with Gasteiger partial charge >= 0.3 is 18.0 Å². The summed E-state index contributed by atoms with van der Waals surface area (Å²) in [5.41, 5.74) is -0.334. The third-order valence-electron chi connectivity index (χ3n) is 9.68. The Morgan fingerprint density at radius 3 is 2.66 bits per heavy atom. The SMILES string of the molecule is CCCNC(=O)O[C@H](C)[C@H]1OC(=O)[C@@H](OC)C[C@H]2C=CC([C@H]3C[C@H](O)[C@@H](C)[C@H]3OC(=O)c3ccc[nH]3)C[C@]2(O)/C(C)=C/[C@H]1C. The Kier molecular flexibility index (Phi) is 11.0. The summed E-state index contributed by atoms with van der Waals surface area (Å²) in [6.45, 7) is 9.65. The zero-order chi connectivity index (χ0) is 32.2. The van der Waals surface area contributed by atoms with E-state index in [0.29, 0.717) is 30.7 Å². The van der Waals surface area contributed by atoms with Crippen LogP contribution in [0, 0.1) is 29.6 Å². The molecule has 0 bridgehead atoms. The minimum absolute atomic E-state index is 0.169. The number of aliphatic hydroxyl groups excluding tert-OH is 1. The number of aromatic amines is 1. The number of methoxy groups -OCH3 is 1. The fourth-order valence-electron chi connectivity index (χ4n) is 7.03. The summed E-state index contributed by atoms with van der Waals surface area (Å²) in [5, 5.41) is 25.9. The van der Waals surface area contributed by atoms with Gasteiger partial charge < -0.3 is 39.5 Å². The smallest absolute Gasteiger partial charge is 0.407 e. The molecule has 44 heavy (non-hydrogen) atoms. The number of nitrogens with one attached hydrogen (secondary N) is 2. The van der Waals surface area contributed by atoms with Crippen LogP contribution in [0.4, 0.5) is 4.79 Å². The van der Waals surface area contributed by atoms with Crippen molar-refractivity contribution < 1.29 is 43.5 Å². The zero-order valence-electron chi connectivity index (χ0n) is 26.5. The Morgan fingerprint density at radius 2 is 2.00 bits per heavy atom. The number of aliphatic hydroxyl groups is 2. The van der Waals surface area contributed by atoms with E-state index in [1.165, 1.54) is 7.11 Å². The number of ether oxygens (including phenoxy) is 4. The maximum absolute atomic E-state index is 13.3. The van der Waals surface area contributed by atoms with Gasteiger partial charge in [-0.1, -0.05) is 39.0 Å². The third kappa shape index (κ3) is 7.21. The Labute approximate surface area is 259 Å². The van der Waals surface area contributed by atoms with E-state index in [0.717, 1.165) is 6.42 Å². The van der Waals surface area contributed by atoms with Gasteiger partial charge in [-0.3, -0.25) is 0 Å². The highest BCUT2D eigenvalue weighted by molar-refractivity contribution is 5.87. The quantitative estimate of drug-likeness (QED) is 0.193. The van der Waals surface area contributed by atoms with Crippen LogP contribution in [0.1, 0.15) is 70.8 Å². The lowest BCUT2D eigenvalue weighted by molar-refractivity contribution is -0.171. The van der Waals surface area contributed by atoms with Crippen molar-refractivity contribution in [3.63, 3.8) is 0 Å². The van der Waals surface area contributed by atoms with Gasteiger partial charge in [-0.25, -0.2) is 14.4 Å². The Balaban J connectivity index is 1.62. The lowest BCUT2D eigenvalue weighted by atomic mass is 9.65. The molecule has 2 aliphatic carbocycles. The molecule has 0 spiro atoms. The number of allylic oxidation sites excluding steroid dienone is 1. The number of cyclic esters (lactones) is 1. The number of amides is 1. The van der Waals surface area contributed by atoms with Crippen LogP contribution in [0.3, 0.4) is 0 Å². The molecule has 0 radical (unpaired) electrons. The number of carbonyl (C=O) groups excluding carboxylic acids is 3. The van der Waals surface area contributed by atoms with Crippen LogP contribution in [0.25, 0.3) is 0 Å². The van der Waals surface area contributed by atoms with Gasteiger partial charge in [0.2, 0.25) is 0 Å². The van der Waals surface area contributed by atoms with Crippen LogP contribution in [-0.2, 0) is 23.7 Å². The Morgan fingerprint density at radius 1 is 1.25 bits per heavy atom. The van der Waals surface area contributed by atoms with E-state index >= 15 is 0 Å². The van der Waals surface area contributed by atoms with Gasteiger partial charge in [0.05, 0.1) is 11.7 Å². The fraction of sp³-hybridized carbons (Fsp3) is 0.667. The largest absolute Gasteiger partial charge is 0.457 e. The summed E-state index contributed by atoms with van der Waals surface area (Å²) < 4.78 is 22.9. The second kappa shape index (κ2) is 14.3. The number of alkyl carbamates (subject to hydrolysis) is 1. The van der Waals surface area contributed by atoms with Gasteiger partial charge in [-0.2, -0.15) is 0 Å². The number of H-pyrrole nitrogens is 1. The van der Waals surface area contributed by atoms with Crippen molar-refractivity contribution in [1.29, 1.82) is 0 Å². The number of esters is 2. The summed E-state index contributed by atoms with van der Waals surface area (Å²) in [6.07, 6.45) is 4.73. The van der Waals surface area contributed by atoms with Crippen molar-refractivity contribution in [2.75, 3.05) is 13.7 Å². The van der Waals surface area contributed by atoms with Crippen molar-refractivity contribution in [2.24, 2.45) is 29.6 Å². The standard InChI is InChI=1S/C33H48N2O9/c1-7-12-35-32(39)42-21(5)28-18(2)14-19(3)33(40)17-22(10-11-23(33)15-27(41-6)31(38)43-28)24-16-26(36)20(4)29(24)44-30(37)25-9-8-13-34-25/h8-11,13-14,18,20-24,26-29,34,36,40H,7,12,15-17H2,1-6H3,(H,35,39)/b19-14+/t18-,20-,21-,22?,23-,24-,26+,27+,28+,29-,33+/m1/s1. The average Bonchev–Trinajstić information content (AvgIpc) is 3.62. The van der Waals surface area contributed by atoms with Crippen molar-refractivity contribution >= 4 is 18.0 Å². The van der Waals surface area contributed by atoms with E-state index < -0.39 is 66.0 Å². The molecule has 11 heteroatoms. The maximum Gasteiger partial charge on any atom is 0.407 e. The van der Waals surface area contributed by atoms with Crippen LogP contribution >= 0.6 is 0 Å². The van der Waals surface area contributed by atoms with Crippen molar-refractivity contribution in [3.8, 4) is 0 Å². The molecule has 1 saturated carbocycles. The number of hydrogen-bond donors (Lipinski definition) is 4. The first-order chi connectivity index (χ1) is 20.9. The highest BCUT2D eigenvalue weighted by Gasteiger charge is 2.51. The van der Waals surface area contributed by atoms with Gasteiger partial charge in [-0.05, 0) is 63.2 Å². The van der Waals surface area contributed by atoms with Crippen molar-refractivity contribution in [2.45, 2.75) is 96.4 Å². The summed E-state index contributed by atoms with van der Waals surface area (Å²) in [7, 11) is 1.43. The molecule has 1 aromatic heterocycles. The number of aromatic nitrogens is 1. The van der Waals surface area contributed by atoms with Gasteiger partial charge in [0.1, 0.15) is 24.0 Å². The predicted octanol–water partition coefficient (Wildman–Crippen LogP) is 3.92. The Hall–Kier alpha value is -3.15. The minimum atomic E-state index is -1.36. The van der Waals surface area contributed by atoms with Crippen molar-refractivity contribution in [1.82, 2.24) is 10.3 Å². The highest BCUT2D eigenvalue weighted by atomic mass is 16.6. The van der Waals surface area contributed by atoms with Gasteiger partial charge in [0.15, 0.2) is 6.10 Å². The zero-order valence-corrected chi connectivity index (χ0v) is 26.5. The van der Waals surface area contributed by atoms with E-state index in [4.69, 9.17) is 18.9 Å². The molecule has 11 nitrogen and oxygen atoms in total. The lowest BCUT2D eigenvalue weighted by Crippen LogP contribution is -2.49. The number of rotatable bonds is 8. The van der Waals surface area contributed by atoms with Crippen LogP contribution in [0.2, 0.25) is 0 Å². The predicted molar refractivity (Wildman–Crippen MR) is 161 cm³/mol. The molecule has 244 valence electrons. The molecule has 4 rings (SSSR count). The van der Waals surface area contributed by atoms with E-state index in [2.05, 4.69) is 10.3 Å². The maximum atomic E-state index is 13.3. The molecule has 11 atom stereocenters. The molecule has 0 aromatic carbocycles. The summed E-state index contributed by atoms with van der Waals surface area (Å²) in [4.78, 5) is 41.4. The molecule has 4 N–H and O–H groups in total. The first kappa shape index (κ1) is 33.7. The molecule has 2 heterocycles. The minimum Gasteiger partial charge on any atom is -0.457 e. The second-order valence-electron chi connectivity index (χ2n) is 12.7. The molecule has 1 aromatic rings. The first-order valence-electron chi connectivity index (χ1n) is 15.7. The average molecular weight is 617 g/mol. The van der Waals surface area contributed by atoms with Crippen molar-refractivity contribution in [3.05, 3.63) is 47.8 Å². The molecular weight excluding hydrogens is 568 g/mol. The summed E-state index contributed by atoms with van der Waals surface area (Å²) >= 11 is 0. The summed E-state index contributed by atoms with van der Waals surface area (Å²) in [6, 6.07) is 3.36. The van der Waals surface area contributed by atoms with E-state index in [9.17, 15) is 24.6 Å². The molecule has 1 unspecified atom stereocenters. The van der Waals surface area contributed by atoms with Gasteiger partial charge in [0.25, 0.3) is 0 Å². The summed E-state index contributed by atoms with van der Waals surface area (Å²) in [5.74, 6) is -2.70. The highest BCUT2D eigenvalue weighted by Crippen LogP contribution is 2.48. The number of fused-ring (bicyclic) bond motifs is 1. The topological polar surface area (TPSA) is 156 Å². The normalized spacial score (nSPS) is 37.6. The van der Waals surface area contributed by atoms with Crippen LogP contribution in [0.15, 0.2) is 42.1 Å². The molecule has 1 fully saturated rings. The molecule has 0 saturated heterocycles. The fourth-order valence-corrected chi connectivity index (χ4v) is 7.03. The van der Waals surface area contributed by atoms with Gasteiger partial charge in [0, 0.05) is 43.5 Å². The molecule has 3 aliphatic rings. The molecular formula is C33H48N2O9. The van der Waals surface area contributed by atoms with Gasteiger partial charge in [-0.15, -0.1) is 0 Å². The second-order valence-corrected chi connectivity index (χ2v) is 12.7.